The molecule has 0 aliphatic heterocycles. The van der Waals surface area contributed by atoms with Gasteiger partial charge in [0, 0.05) is 12.8 Å². The van der Waals surface area contributed by atoms with Gasteiger partial charge >= 0.3 is 11.9 Å². The van der Waals surface area contributed by atoms with Gasteiger partial charge in [0.15, 0.2) is 0 Å². The lowest BCUT2D eigenvalue weighted by atomic mass is 10.0. The first-order valence-electron chi connectivity index (χ1n) is 14.4. The Morgan fingerprint density at radius 2 is 1.22 bits per heavy atom. The van der Waals surface area contributed by atoms with E-state index in [0.717, 1.165) is 57.8 Å². The second kappa shape index (κ2) is 24.2. The number of hydrogen-bond acceptors (Lipinski definition) is 6. The molecule has 0 aromatic heterocycles. The number of hydrogen-bond donors (Lipinski definition) is 4. The number of carbonyl (C=O) groups excluding carboxylic acids is 3. The number of aliphatic hydroxyl groups excluding tert-OH is 1. The highest BCUT2D eigenvalue weighted by Crippen LogP contribution is 2.17. The zero-order valence-electron chi connectivity index (χ0n) is 23.2. The Kier molecular flexibility index (Phi) is 22.8. The molecule has 2 atom stereocenters. The number of nitrogens with one attached hydrogen (secondary N) is 2. The van der Waals surface area contributed by atoms with E-state index >= 15 is 0 Å². The van der Waals surface area contributed by atoms with Gasteiger partial charge in [0.2, 0.25) is 11.8 Å². The first kappa shape index (κ1) is 34.8. The van der Waals surface area contributed by atoms with Gasteiger partial charge in [-0.1, -0.05) is 78.1 Å². The van der Waals surface area contributed by atoms with Crippen LogP contribution in [0.2, 0.25) is 0 Å². The molecule has 0 aliphatic rings. The molecule has 4 N–H and O–H groups in total. The summed E-state index contributed by atoms with van der Waals surface area (Å²) in [6.45, 7) is 3.32. The summed E-state index contributed by atoms with van der Waals surface area (Å²) in [5, 5.41) is 22.3. The average Bonchev–Trinajstić information content (AvgIpc) is 2.87. The fraction of sp³-hybridized carbons (Fsp3) is 0.857. The van der Waals surface area contributed by atoms with E-state index in [0.29, 0.717) is 12.8 Å². The van der Waals surface area contributed by atoms with Gasteiger partial charge in [-0.3, -0.25) is 14.4 Å². The third-order valence-electron chi connectivity index (χ3n) is 6.35. The molecule has 0 radical (unpaired) electrons. The lowest BCUT2D eigenvalue weighted by molar-refractivity contribution is -0.150. The Balaban J connectivity index is 4.17. The van der Waals surface area contributed by atoms with Crippen molar-refractivity contribution in [2.24, 2.45) is 0 Å². The summed E-state index contributed by atoms with van der Waals surface area (Å²) in [6.07, 6.45) is 17.4. The maximum Gasteiger partial charge on any atom is 0.328 e. The zero-order chi connectivity index (χ0) is 27.7. The number of esters is 1. The molecule has 0 spiro atoms. The van der Waals surface area contributed by atoms with Gasteiger partial charge in [-0.05, 0) is 38.5 Å². The largest absolute Gasteiger partial charge is 0.480 e. The maximum atomic E-state index is 12.4. The Hall–Kier alpha value is -2.16. The van der Waals surface area contributed by atoms with E-state index in [4.69, 9.17) is 14.9 Å². The summed E-state index contributed by atoms with van der Waals surface area (Å²) in [5.41, 5.74) is 0. The topological polar surface area (TPSA) is 142 Å². The molecule has 0 saturated heterocycles. The molecule has 0 aliphatic carbocycles. The van der Waals surface area contributed by atoms with Crippen molar-refractivity contribution in [3.63, 3.8) is 0 Å². The van der Waals surface area contributed by atoms with E-state index in [2.05, 4.69) is 24.5 Å². The number of aliphatic carboxylic acids is 1. The number of aliphatic hydroxyl groups is 1. The van der Waals surface area contributed by atoms with Crippen molar-refractivity contribution >= 4 is 23.8 Å². The quantitative estimate of drug-likeness (QED) is 0.0999. The molecule has 2 unspecified atom stereocenters. The Bertz CT molecular complexity index is 628. The van der Waals surface area contributed by atoms with Crippen LogP contribution >= 0.6 is 0 Å². The smallest absolute Gasteiger partial charge is 0.328 e. The van der Waals surface area contributed by atoms with Crippen LogP contribution in [-0.4, -0.2) is 59.3 Å². The van der Waals surface area contributed by atoms with Crippen molar-refractivity contribution in [3.05, 3.63) is 0 Å². The Labute approximate surface area is 223 Å². The molecule has 0 aromatic carbocycles. The van der Waals surface area contributed by atoms with Gasteiger partial charge in [0.25, 0.3) is 0 Å². The molecule has 0 aromatic rings. The molecule has 0 heterocycles. The average molecular weight is 529 g/mol. The molecular weight excluding hydrogens is 476 g/mol. The first-order valence-corrected chi connectivity index (χ1v) is 14.4. The summed E-state index contributed by atoms with van der Waals surface area (Å²) in [7, 11) is 0. The molecule has 2 amide bonds. The minimum atomic E-state index is -1.39. The number of carbonyl (C=O) groups is 4. The predicted molar refractivity (Wildman–Crippen MR) is 144 cm³/mol. The van der Waals surface area contributed by atoms with Crippen LogP contribution in [0.1, 0.15) is 129 Å². The third-order valence-corrected chi connectivity index (χ3v) is 6.35. The highest BCUT2D eigenvalue weighted by Gasteiger charge is 2.19. The lowest BCUT2D eigenvalue weighted by Gasteiger charge is -2.18. The molecule has 0 bridgehead atoms. The minimum absolute atomic E-state index is 0.0693. The van der Waals surface area contributed by atoms with E-state index in [1.54, 1.807) is 0 Å². The van der Waals surface area contributed by atoms with E-state index in [1.807, 2.05) is 0 Å². The van der Waals surface area contributed by atoms with Crippen molar-refractivity contribution in [2.75, 3.05) is 13.2 Å². The van der Waals surface area contributed by atoms with Crippen LogP contribution in [0.25, 0.3) is 0 Å². The highest BCUT2D eigenvalue weighted by atomic mass is 16.5. The Morgan fingerprint density at radius 3 is 1.78 bits per heavy atom. The maximum absolute atomic E-state index is 12.4. The molecule has 37 heavy (non-hydrogen) atoms. The lowest BCUT2D eigenvalue weighted by Crippen LogP contribution is -2.47. The molecule has 0 saturated carbocycles. The summed E-state index contributed by atoms with van der Waals surface area (Å²) < 4.78 is 5.80. The van der Waals surface area contributed by atoms with Gasteiger partial charge < -0.3 is 25.6 Å². The van der Waals surface area contributed by atoms with Crippen molar-refractivity contribution in [3.8, 4) is 0 Å². The van der Waals surface area contributed by atoms with Crippen molar-refractivity contribution < 1.29 is 34.1 Å². The van der Waals surface area contributed by atoms with E-state index in [1.165, 1.54) is 38.5 Å². The molecule has 0 fully saturated rings. The summed E-state index contributed by atoms with van der Waals surface area (Å²) in [6, 6.07) is -1.39. The van der Waals surface area contributed by atoms with Crippen molar-refractivity contribution in [1.29, 1.82) is 0 Å². The number of carboxylic acid groups (broad SMARTS) is 1. The second-order valence-corrected chi connectivity index (χ2v) is 9.85. The number of ether oxygens (including phenoxy) is 1. The molecule has 0 rings (SSSR count). The van der Waals surface area contributed by atoms with Crippen LogP contribution in [0, 0.1) is 0 Å². The predicted octanol–water partition coefficient (Wildman–Crippen LogP) is 4.64. The highest BCUT2D eigenvalue weighted by molar-refractivity contribution is 5.87. The molecular formula is C28H52N2O7. The van der Waals surface area contributed by atoms with Gasteiger partial charge in [-0.2, -0.15) is 0 Å². The molecule has 9 nitrogen and oxygen atoms in total. The standard InChI is InChI=1S/C28H52N2O7/c1-3-5-7-9-10-11-16-20-27(34)37-23(17-13-8-6-4-2)18-14-12-15-19-25(32)29-21-26(33)30-24(22-31)28(35)36/h23-24,31H,3-22H2,1-2H3,(H,29,32)(H,30,33)(H,35,36). The molecule has 216 valence electrons. The van der Waals surface area contributed by atoms with Crippen LogP contribution in [0.3, 0.4) is 0 Å². The van der Waals surface area contributed by atoms with Gasteiger partial charge in [0.05, 0.1) is 13.2 Å². The number of rotatable bonds is 25. The van der Waals surface area contributed by atoms with Crippen LogP contribution in [0.4, 0.5) is 0 Å². The number of amides is 2. The third kappa shape index (κ3) is 21.6. The molecule has 9 heteroatoms. The summed E-state index contributed by atoms with van der Waals surface area (Å²) in [5.74, 6) is -2.39. The van der Waals surface area contributed by atoms with Crippen LogP contribution in [0.15, 0.2) is 0 Å². The van der Waals surface area contributed by atoms with Gasteiger partial charge in [-0.15, -0.1) is 0 Å². The van der Waals surface area contributed by atoms with Crippen molar-refractivity contribution in [1.82, 2.24) is 10.6 Å². The fourth-order valence-electron chi connectivity index (χ4n) is 4.06. The summed E-state index contributed by atoms with van der Waals surface area (Å²) in [4.78, 5) is 46.8. The van der Waals surface area contributed by atoms with Crippen molar-refractivity contribution in [2.45, 2.75) is 142 Å². The minimum Gasteiger partial charge on any atom is -0.480 e. The Morgan fingerprint density at radius 1 is 0.703 bits per heavy atom. The van der Waals surface area contributed by atoms with Crippen LogP contribution < -0.4 is 10.6 Å². The van der Waals surface area contributed by atoms with Gasteiger partial charge in [-0.25, -0.2) is 4.79 Å². The van der Waals surface area contributed by atoms with E-state index < -0.39 is 24.5 Å². The van der Waals surface area contributed by atoms with Gasteiger partial charge in [0.1, 0.15) is 12.1 Å². The van der Waals surface area contributed by atoms with E-state index in [9.17, 15) is 19.2 Å². The SMILES string of the molecule is CCCCCCCCCC(=O)OC(CCCCCC)CCCCCC(=O)NCC(=O)NC(CO)C(=O)O. The normalized spacial score (nSPS) is 12.5. The summed E-state index contributed by atoms with van der Waals surface area (Å²) >= 11 is 0. The monoisotopic (exact) mass is 528 g/mol. The van der Waals surface area contributed by atoms with E-state index in [-0.39, 0.29) is 30.9 Å². The van der Waals surface area contributed by atoms with Crippen LogP contribution in [-0.2, 0) is 23.9 Å². The zero-order valence-corrected chi connectivity index (χ0v) is 23.2. The van der Waals surface area contributed by atoms with Crippen LogP contribution in [0.5, 0.6) is 0 Å². The first-order chi connectivity index (χ1) is 17.8. The second-order valence-electron chi connectivity index (χ2n) is 9.85. The number of carboxylic acids is 1. The fourth-order valence-corrected chi connectivity index (χ4v) is 4.06. The number of unbranched alkanes of at least 4 members (excludes halogenated alkanes) is 11.